The Bertz CT molecular complexity index is 631. The Kier molecular flexibility index (Phi) is 9.64. The van der Waals surface area contributed by atoms with E-state index in [0.717, 1.165) is 5.56 Å². The van der Waals surface area contributed by atoms with Crippen LogP contribution in [0.4, 0.5) is 4.79 Å². The number of nitrogens with one attached hydrogen (secondary N) is 2. The van der Waals surface area contributed by atoms with E-state index in [9.17, 15) is 19.5 Å². The molecule has 0 heterocycles. The summed E-state index contributed by atoms with van der Waals surface area (Å²) >= 11 is 0. The number of hydrogen-bond acceptors (Lipinski definition) is 4. The van der Waals surface area contributed by atoms with Crippen LogP contribution in [0.25, 0.3) is 0 Å². The zero-order chi connectivity index (χ0) is 20.2. The molecule has 0 aromatic heterocycles. The number of alkyl carbamates (subject to hydrolysis) is 1. The van der Waals surface area contributed by atoms with E-state index >= 15 is 0 Å². The largest absolute Gasteiger partial charge is 0.480 e. The van der Waals surface area contributed by atoms with Gasteiger partial charge in [-0.2, -0.15) is 0 Å². The van der Waals surface area contributed by atoms with Crippen molar-refractivity contribution in [3.05, 3.63) is 48.6 Å². The fourth-order valence-electron chi connectivity index (χ4n) is 2.41. The summed E-state index contributed by atoms with van der Waals surface area (Å²) in [4.78, 5) is 35.9. The Morgan fingerprint density at radius 2 is 1.85 bits per heavy atom. The molecule has 0 aliphatic carbocycles. The maximum absolute atomic E-state index is 12.5. The number of unbranched alkanes of at least 4 members (excludes halogenated alkanes) is 1. The molecule has 0 aliphatic heterocycles. The van der Waals surface area contributed by atoms with Crippen LogP contribution in [0.1, 0.15) is 38.7 Å². The lowest BCUT2D eigenvalue weighted by molar-refractivity contribution is -0.142. The SMILES string of the molecule is C=CCCC[C@H](NC(=O)[C@H](NC(=O)OCc1ccccc1)C(C)C)C(=O)O. The number of rotatable bonds is 11. The minimum atomic E-state index is -1.11. The Balaban J connectivity index is 2.61. The number of benzene rings is 1. The topological polar surface area (TPSA) is 105 Å². The first-order chi connectivity index (χ1) is 12.8. The van der Waals surface area contributed by atoms with Gasteiger partial charge in [0.25, 0.3) is 0 Å². The predicted octanol–water partition coefficient (Wildman–Crippen LogP) is 2.86. The molecule has 0 bridgehead atoms. The third kappa shape index (κ3) is 8.40. The van der Waals surface area contributed by atoms with Crippen LogP contribution in [0.3, 0.4) is 0 Å². The number of hydrogen-bond donors (Lipinski definition) is 3. The van der Waals surface area contributed by atoms with Crippen LogP contribution in [-0.2, 0) is 20.9 Å². The molecule has 0 radical (unpaired) electrons. The van der Waals surface area contributed by atoms with E-state index in [-0.39, 0.29) is 18.9 Å². The summed E-state index contributed by atoms with van der Waals surface area (Å²) in [5.41, 5.74) is 0.825. The van der Waals surface area contributed by atoms with E-state index in [1.807, 2.05) is 30.3 Å². The molecule has 3 N–H and O–H groups in total. The van der Waals surface area contributed by atoms with Gasteiger partial charge < -0.3 is 20.5 Å². The van der Waals surface area contributed by atoms with Gasteiger partial charge in [-0.25, -0.2) is 9.59 Å². The first kappa shape index (κ1) is 22.2. The van der Waals surface area contributed by atoms with Gasteiger partial charge >= 0.3 is 12.1 Å². The van der Waals surface area contributed by atoms with E-state index in [2.05, 4.69) is 17.2 Å². The third-order valence-corrected chi connectivity index (χ3v) is 3.95. The smallest absolute Gasteiger partial charge is 0.408 e. The Hall–Kier alpha value is -2.83. The second kappa shape index (κ2) is 11.7. The number of carbonyl (C=O) groups excluding carboxylic acids is 2. The van der Waals surface area contributed by atoms with Crippen LogP contribution in [0.15, 0.2) is 43.0 Å². The van der Waals surface area contributed by atoms with Crippen molar-refractivity contribution in [2.75, 3.05) is 0 Å². The summed E-state index contributed by atoms with van der Waals surface area (Å²) in [6, 6.07) is 7.26. The molecule has 1 rings (SSSR count). The minimum Gasteiger partial charge on any atom is -0.480 e. The number of ether oxygens (including phenoxy) is 1. The minimum absolute atomic E-state index is 0.0818. The number of allylic oxidation sites excluding steroid dienone is 1. The number of aliphatic carboxylic acids is 1. The van der Waals surface area contributed by atoms with Gasteiger partial charge in [0, 0.05) is 0 Å². The average Bonchev–Trinajstić information content (AvgIpc) is 2.64. The zero-order valence-corrected chi connectivity index (χ0v) is 15.8. The molecule has 0 fully saturated rings. The van der Waals surface area contributed by atoms with Crippen molar-refractivity contribution < 1.29 is 24.2 Å². The third-order valence-electron chi connectivity index (χ3n) is 3.95. The van der Waals surface area contributed by atoms with Crippen molar-refractivity contribution in [1.82, 2.24) is 10.6 Å². The summed E-state index contributed by atoms with van der Waals surface area (Å²) in [5.74, 6) is -1.90. The van der Waals surface area contributed by atoms with Crippen LogP contribution < -0.4 is 10.6 Å². The summed E-state index contributed by atoms with van der Waals surface area (Å²) in [7, 11) is 0. The van der Waals surface area contributed by atoms with Crippen molar-refractivity contribution in [1.29, 1.82) is 0 Å². The Morgan fingerprint density at radius 3 is 2.41 bits per heavy atom. The highest BCUT2D eigenvalue weighted by Gasteiger charge is 2.28. The quantitative estimate of drug-likeness (QED) is 0.407. The Morgan fingerprint density at radius 1 is 1.19 bits per heavy atom. The molecule has 0 spiro atoms. The lowest BCUT2D eigenvalue weighted by Gasteiger charge is -2.23. The lowest BCUT2D eigenvalue weighted by Crippen LogP contribution is -2.53. The molecule has 0 saturated carbocycles. The molecule has 27 heavy (non-hydrogen) atoms. The summed E-state index contributed by atoms with van der Waals surface area (Å²) in [6.07, 6.45) is 2.51. The fraction of sp³-hybridized carbons (Fsp3) is 0.450. The molecule has 0 unspecified atom stereocenters. The highest BCUT2D eigenvalue weighted by Crippen LogP contribution is 2.07. The number of amides is 2. The van der Waals surface area contributed by atoms with Gasteiger partial charge in [-0.05, 0) is 30.7 Å². The first-order valence-corrected chi connectivity index (χ1v) is 8.96. The molecule has 1 aromatic carbocycles. The molecule has 7 heteroatoms. The summed E-state index contributed by atoms with van der Waals surface area (Å²) < 4.78 is 5.13. The average molecular weight is 376 g/mol. The van der Waals surface area contributed by atoms with Gasteiger partial charge in [-0.15, -0.1) is 6.58 Å². The Labute approximate surface area is 159 Å². The van der Waals surface area contributed by atoms with Crippen molar-refractivity contribution in [3.63, 3.8) is 0 Å². The van der Waals surface area contributed by atoms with Crippen LogP contribution in [0.2, 0.25) is 0 Å². The van der Waals surface area contributed by atoms with Gasteiger partial charge in [0.2, 0.25) is 5.91 Å². The first-order valence-electron chi connectivity index (χ1n) is 8.96. The fourth-order valence-corrected chi connectivity index (χ4v) is 2.41. The molecular weight excluding hydrogens is 348 g/mol. The normalized spacial score (nSPS) is 12.7. The molecule has 2 atom stereocenters. The van der Waals surface area contributed by atoms with Crippen LogP contribution in [-0.4, -0.2) is 35.2 Å². The van der Waals surface area contributed by atoms with Gasteiger partial charge in [0.15, 0.2) is 0 Å². The molecule has 1 aromatic rings. The van der Waals surface area contributed by atoms with Gasteiger partial charge in [-0.3, -0.25) is 4.79 Å². The van der Waals surface area contributed by atoms with Crippen LogP contribution in [0.5, 0.6) is 0 Å². The van der Waals surface area contributed by atoms with E-state index in [0.29, 0.717) is 12.8 Å². The molecular formula is C20H28N2O5. The van der Waals surface area contributed by atoms with E-state index < -0.39 is 30.1 Å². The molecule has 2 amide bonds. The monoisotopic (exact) mass is 376 g/mol. The molecule has 7 nitrogen and oxygen atoms in total. The van der Waals surface area contributed by atoms with Crippen molar-refractivity contribution in [3.8, 4) is 0 Å². The van der Waals surface area contributed by atoms with E-state index in [4.69, 9.17) is 4.74 Å². The molecule has 0 saturated heterocycles. The van der Waals surface area contributed by atoms with Crippen molar-refractivity contribution >= 4 is 18.0 Å². The highest BCUT2D eigenvalue weighted by atomic mass is 16.5. The van der Waals surface area contributed by atoms with E-state index in [1.54, 1.807) is 19.9 Å². The lowest BCUT2D eigenvalue weighted by atomic mass is 10.0. The van der Waals surface area contributed by atoms with Crippen molar-refractivity contribution in [2.24, 2.45) is 5.92 Å². The maximum atomic E-state index is 12.5. The maximum Gasteiger partial charge on any atom is 0.408 e. The molecule has 148 valence electrons. The zero-order valence-electron chi connectivity index (χ0n) is 15.8. The summed E-state index contributed by atoms with van der Waals surface area (Å²) in [6.45, 7) is 7.19. The van der Waals surface area contributed by atoms with Crippen molar-refractivity contribution in [2.45, 2.75) is 51.8 Å². The van der Waals surface area contributed by atoms with Gasteiger partial charge in [-0.1, -0.05) is 50.3 Å². The van der Waals surface area contributed by atoms with Crippen LogP contribution in [0, 0.1) is 5.92 Å². The highest BCUT2D eigenvalue weighted by molar-refractivity contribution is 5.89. The second-order valence-corrected chi connectivity index (χ2v) is 6.55. The molecule has 0 aliphatic rings. The van der Waals surface area contributed by atoms with Gasteiger partial charge in [0.05, 0.1) is 0 Å². The number of carbonyl (C=O) groups is 3. The second-order valence-electron chi connectivity index (χ2n) is 6.55. The van der Waals surface area contributed by atoms with E-state index in [1.165, 1.54) is 0 Å². The predicted molar refractivity (Wildman–Crippen MR) is 102 cm³/mol. The number of carboxylic acid groups (broad SMARTS) is 1. The number of carboxylic acids is 1. The van der Waals surface area contributed by atoms with Gasteiger partial charge in [0.1, 0.15) is 18.7 Å². The standard InChI is InChI=1S/C20H28N2O5/c1-4-5-7-12-16(19(24)25)21-18(23)17(14(2)3)22-20(26)27-13-15-10-8-6-9-11-15/h4,6,8-11,14,16-17H,1,5,7,12-13H2,2-3H3,(H,21,23)(H,22,26)(H,24,25)/t16-,17+/m0/s1. The summed E-state index contributed by atoms with van der Waals surface area (Å²) in [5, 5.41) is 14.3. The van der Waals surface area contributed by atoms with Crippen LogP contribution >= 0.6 is 0 Å².